The minimum atomic E-state index is -0.721. The summed E-state index contributed by atoms with van der Waals surface area (Å²) in [5, 5.41) is 4.90. The van der Waals surface area contributed by atoms with Crippen LogP contribution in [0.5, 0.6) is 0 Å². The van der Waals surface area contributed by atoms with Crippen LogP contribution in [-0.2, 0) is 11.3 Å². The van der Waals surface area contributed by atoms with Gasteiger partial charge in [0.2, 0.25) is 5.91 Å². The van der Waals surface area contributed by atoms with Gasteiger partial charge in [-0.1, -0.05) is 6.07 Å². The highest BCUT2D eigenvalue weighted by molar-refractivity contribution is 5.92. The number of carbonyl (C=O) groups excluding carboxylic acids is 2. The van der Waals surface area contributed by atoms with Gasteiger partial charge in [0.15, 0.2) is 0 Å². The van der Waals surface area contributed by atoms with Crippen molar-refractivity contribution in [3.8, 4) is 0 Å². The first kappa shape index (κ1) is 16.5. The lowest BCUT2D eigenvalue weighted by Gasteiger charge is -2.08. The van der Waals surface area contributed by atoms with Gasteiger partial charge in [-0.3, -0.25) is 14.6 Å². The predicted molar refractivity (Wildman–Crippen MR) is 77.2 cm³/mol. The largest absolute Gasteiger partial charge is 0.352 e. The molecule has 1 aromatic heterocycles. The van der Waals surface area contributed by atoms with Gasteiger partial charge in [0, 0.05) is 37.5 Å². The van der Waals surface area contributed by atoms with Gasteiger partial charge in [-0.05, 0) is 12.1 Å². The van der Waals surface area contributed by atoms with Crippen molar-refractivity contribution in [1.29, 1.82) is 0 Å². The zero-order valence-corrected chi connectivity index (χ0v) is 12.1. The summed E-state index contributed by atoms with van der Waals surface area (Å²) in [6, 6.07) is 3.48. The number of nitrogens with one attached hydrogen (secondary N) is 2. The Balaban J connectivity index is 1.74. The molecule has 120 valence electrons. The summed E-state index contributed by atoms with van der Waals surface area (Å²) in [4.78, 5) is 30.8. The predicted octanol–water partition coefficient (Wildman–Crippen LogP) is 1.19. The molecule has 23 heavy (non-hydrogen) atoms. The van der Waals surface area contributed by atoms with Crippen molar-refractivity contribution in [3.05, 3.63) is 59.7 Å². The van der Waals surface area contributed by atoms with E-state index in [0.29, 0.717) is 0 Å². The van der Waals surface area contributed by atoms with E-state index in [-0.39, 0.29) is 30.8 Å². The van der Waals surface area contributed by atoms with E-state index in [1.807, 2.05) is 0 Å². The van der Waals surface area contributed by atoms with Crippen molar-refractivity contribution in [3.63, 3.8) is 0 Å². The molecule has 1 aromatic carbocycles. The highest BCUT2D eigenvalue weighted by Crippen LogP contribution is 2.11. The molecule has 0 spiro atoms. The van der Waals surface area contributed by atoms with E-state index in [2.05, 4.69) is 20.6 Å². The molecular weight excluding hydrogens is 306 g/mol. The molecule has 0 radical (unpaired) electrons. The van der Waals surface area contributed by atoms with E-state index >= 15 is 0 Å². The van der Waals surface area contributed by atoms with Crippen LogP contribution < -0.4 is 10.6 Å². The van der Waals surface area contributed by atoms with Crippen LogP contribution in [0.3, 0.4) is 0 Å². The summed E-state index contributed by atoms with van der Waals surface area (Å²) in [6.07, 6.45) is 4.09. The Morgan fingerprint density at radius 3 is 2.48 bits per heavy atom. The minimum absolute atomic E-state index is 0.0257. The summed E-state index contributed by atoms with van der Waals surface area (Å²) in [5.74, 6) is -2.33. The number of aromatic nitrogens is 2. The Morgan fingerprint density at radius 1 is 1.09 bits per heavy atom. The van der Waals surface area contributed by atoms with Gasteiger partial charge in [0.05, 0.1) is 6.20 Å². The number of hydrogen-bond donors (Lipinski definition) is 2. The van der Waals surface area contributed by atoms with E-state index in [4.69, 9.17) is 0 Å². The second-order valence-electron chi connectivity index (χ2n) is 4.57. The summed E-state index contributed by atoms with van der Waals surface area (Å²) in [6.45, 7) is -0.184. The maximum Gasteiger partial charge on any atom is 0.271 e. The number of carbonyl (C=O) groups is 2. The molecular formula is C15H14F2N4O2. The van der Waals surface area contributed by atoms with E-state index in [0.717, 1.165) is 12.1 Å². The molecule has 0 fully saturated rings. The number of hydrogen-bond acceptors (Lipinski definition) is 4. The van der Waals surface area contributed by atoms with Crippen LogP contribution in [0.25, 0.3) is 0 Å². The molecule has 2 aromatic rings. The van der Waals surface area contributed by atoms with E-state index < -0.39 is 23.4 Å². The highest BCUT2D eigenvalue weighted by Gasteiger charge is 2.11. The number of nitrogens with zero attached hydrogens (tertiary/aromatic N) is 2. The van der Waals surface area contributed by atoms with Crippen LogP contribution in [-0.4, -0.2) is 28.3 Å². The third-order valence-corrected chi connectivity index (χ3v) is 2.96. The second kappa shape index (κ2) is 7.92. The third-order valence-electron chi connectivity index (χ3n) is 2.96. The molecule has 2 rings (SSSR count). The maximum atomic E-state index is 13.4. The normalized spacial score (nSPS) is 10.2. The number of rotatable bonds is 6. The first-order valence-corrected chi connectivity index (χ1v) is 6.81. The smallest absolute Gasteiger partial charge is 0.271 e. The molecule has 0 aliphatic rings. The Hall–Kier alpha value is -2.90. The monoisotopic (exact) mass is 320 g/mol. The lowest BCUT2D eigenvalue weighted by molar-refractivity contribution is -0.121. The zero-order valence-electron chi connectivity index (χ0n) is 12.1. The molecule has 0 unspecified atom stereocenters. The molecule has 6 nitrogen and oxygen atoms in total. The van der Waals surface area contributed by atoms with Crippen LogP contribution in [0.4, 0.5) is 8.78 Å². The number of amides is 2. The fraction of sp³-hybridized carbons (Fsp3) is 0.200. The second-order valence-corrected chi connectivity index (χ2v) is 4.57. The van der Waals surface area contributed by atoms with Crippen LogP contribution in [0.2, 0.25) is 0 Å². The van der Waals surface area contributed by atoms with Gasteiger partial charge in [-0.2, -0.15) is 0 Å². The molecule has 0 saturated carbocycles. The van der Waals surface area contributed by atoms with Gasteiger partial charge in [-0.25, -0.2) is 13.8 Å². The van der Waals surface area contributed by atoms with E-state index in [1.165, 1.54) is 24.7 Å². The fourth-order valence-electron chi connectivity index (χ4n) is 1.77. The van der Waals surface area contributed by atoms with Gasteiger partial charge >= 0.3 is 0 Å². The molecule has 2 N–H and O–H groups in total. The quantitative estimate of drug-likeness (QED) is 0.837. The lowest BCUT2D eigenvalue weighted by atomic mass is 10.2. The minimum Gasteiger partial charge on any atom is -0.352 e. The Bertz CT molecular complexity index is 675. The van der Waals surface area contributed by atoms with Crippen LogP contribution >= 0.6 is 0 Å². The van der Waals surface area contributed by atoms with Crippen molar-refractivity contribution in [1.82, 2.24) is 20.6 Å². The standard InChI is InChI=1S/C15H14F2N4O2/c16-11-2-1-3-12(17)10(11)8-21-14(22)4-5-20-15(23)13-9-18-6-7-19-13/h1-3,6-7,9H,4-5,8H2,(H,20,23)(H,21,22). The summed E-state index contributed by atoms with van der Waals surface area (Å²) in [7, 11) is 0. The molecule has 0 saturated heterocycles. The van der Waals surface area contributed by atoms with E-state index in [1.54, 1.807) is 0 Å². The molecule has 0 aliphatic heterocycles. The first-order valence-electron chi connectivity index (χ1n) is 6.81. The average Bonchev–Trinajstić information content (AvgIpc) is 2.55. The first-order chi connectivity index (χ1) is 11.1. The number of halogens is 2. The van der Waals surface area contributed by atoms with Crippen molar-refractivity contribution in [2.75, 3.05) is 6.54 Å². The molecule has 0 bridgehead atoms. The Kier molecular flexibility index (Phi) is 5.67. The van der Waals surface area contributed by atoms with Crippen molar-refractivity contribution >= 4 is 11.8 Å². The summed E-state index contributed by atoms with van der Waals surface area (Å²) in [5.41, 5.74) is -0.0641. The molecule has 8 heteroatoms. The molecule has 0 atom stereocenters. The zero-order chi connectivity index (χ0) is 16.7. The van der Waals surface area contributed by atoms with Crippen molar-refractivity contribution < 1.29 is 18.4 Å². The highest BCUT2D eigenvalue weighted by atomic mass is 19.1. The maximum absolute atomic E-state index is 13.4. The summed E-state index contributed by atoms with van der Waals surface area (Å²) >= 11 is 0. The lowest BCUT2D eigenvalue weighted by Crippen LogP contribution is -2.31. The summed E-state index contributed by atoms with van der Waals surface area (Å²) < 4.78 is 26.8. The van der Waals surface area contributed by atoms with Gasteiger partial charge in [0.25, 0.3) is 5.91 Å². The van der Waals surface area contributed by atoms with E-state index in [9.17, 15) is 18.4 Å². The topological polar surface area (TPSA) is 84.0 Å². The Morgan fingerprint density at radius 2 is 1.83 bits per heavy atom. The number of benzene rings is 1. The van der Waals surface area contributed by atoms with Gasteiger partial charge < -0.3 is 10.6 Å². The van der Waals surface area contributed by atoms with Crippen LogP contribution in [0, 0.1) is 11.6 Å². The van der Waals surface area contributed by atoms with Crippen molar-refractivity contribution in [2.45, 2.75) is 13.0 Å². The molecule has 2 amide bonds. The fourth-order valence-corrected chi connectivity index (χ4v) is 1.77. The SMILES string of the molecule is O=C(CCNC(=O)c1cnccn1)NCc1c(F)cccc1F. The Labute approximate surface area is 131 Å². The van der Waals surface area contributed by atoms with Crippen molar-refractivity contribution in [2.24, 2.45) is 0 Å². The van der Waals surface area contributed by atoms with Crippen LogP contribution in [0.15, 0.2) is 36.8 Å². The van der Waals surface area contributed by atoms with Gasteiger partial charge in [-0.15, -0.1) is 0 Å². The van der Waals surface area contributed by atoms with Gasteiger partial charge in [0.1, 0.15) is 17.3 Å². The van der Waals surface area contributed by atoms with Crippen LogP contribution in [0.1, 0.15) is 22.5 Å². The molecule has 1 heterocycles. The third kappa shape index (κ3) is 4.80. The molecule has 0 aliphatic carbocycles. The average molecular weight is 320 g/mol.